The van der Waals surface area contributed by atoms with Gasteiger partial charge < -0.3 is 108 Å². The van der Waals surface area contributed by atoms with Crippen LogP contribution in [0.25, 0.3) is 30.4 Å². The number of carbonyl (C=O) groups is 5. The van der Waals surface area contributed by atoms with Crippen LogP contribution in [0.3, 0.4) is 0 Å². The van der Waals surface area contributed by atoms with Gasteiger partial charge in [-0.1, -0.05) is 60.7 Å². The van der Waals surface area contributed by atoms with E-state index in [1.807, 2.05) is 66.7 Å². The number of ether oxygens (including phenoxy) is 15. The maximum absolute atomic E-state index is 13.1. The summed E-state index contributed by atoms with van der Waals surface area (Å²) in [5.41, 5.74) is 10.2. The zero-order chi connectivity index (χ0) is 107. The number of methoxy groups -OCH3 is 15. The van der Waals surface area contributed by atoms with E-state index in [1.165, 1.54) is 56.7 Å². The Bertz CT molecular complexity index is 7060. The molecule has 0 spiro atoms. The lowest BCUT2D eigenvalue weighted by Gasteiger charge is -2.15. The molecule has 0 amide bonds. The Hall–Kier alpha value is -19.3. The fourth-order valence-corrected chi connectivity index (χ4v) is 14.2. The molecule has 7 N–H and O–H groups in total. The maximum Gasteiger partial charge on any atom is 0.189 e. The third-order valence-corrected chi connectivity index (χ3v) is 21.8. The van der Waals surface area contributed by atoms with Gasteiger partial charge in [0.2, 0.25) is 0 Å². The number of hydrogen-bond acceptors (Lipinski definition) is 32. The van der Waals surface area contributed by atoms with E-state index in [1.54, 1.807) is 330 Å². The van der Waals surface area contributed by atoms with Crippen LogP contribution in [0.5, 0.6) is 92.0 Å². The predicted octanol–water partition coefficient (Wildman–Crippen LogP) is 23.1. The van der Waals surface area contributed by atoms with E-state index in [0.29, 0.717) is 160 Å². The van der Waals surface area contributed by atoms with Gasteiger partial charge in [-0.3, -0.25) is 24.0 Å². The van der Waals surface area contributed by atoms with Crippen molar-refractivity contribution in [1.82, 2.24) is 24.9 Å². The largest absolute Gasteiger partial charge is 0.508 e. The first-order valence-electron chi connectivity index (χ1n) is 45.6. The summed E-state index contributed by atoms with van der Waals surface area (Å²) in [5, 5.41) is 34.7. The normalized spacial score (nSPS) is 10.6. The number of anilines is 10. The molecule has 0 aliphatic carbocycles. The van der Waals surface area contributed by atoms with Gasteiger partial charge in [-0.15, -0.1) is 0 Å². The van der Waals surface area contributed by atoms with Crippen LogP contribution in [0.4, 0.5) is 61.9 Å². The van der Waals surface area contributed by atoms with Crippen molar-refractivity contribution in [3.05, 3.63) is 383 Å². The summed E-state index contributed by atoms with van der Waals surface area (Å²) in [7, 11) is 23.4. The van der Waals surface area contributed by atoms with Crippen LogP contribution in [0.2, 0.25) is 0 Å². The van der Waals surface area contributed by atoms with E-state index < -0.39 is 0 Å². The van der Waals surface area contributed by atoms with E-state index in [0.717, 1.165) is 44.9 Å². The third-order valence-electron chi connectivity index (χ3n) is 21.8. The second kappa shape index (κ2) is 56.5. The minimum absolute atomic E-state index is 0.163. The lowest BCUT2D eigenvalue weighted by atomic mass is 10.1. The molecular formula is C116H111FN10O22. The van der Waals surface area contributed by atoms with Crippen molar-refractivity contribution in [2.24, 2.45) is 0 Å². The van der Waals surface area contributed by atoms with E-state index >= 15 is 0 Å². The van der Waals surface area contributed by atoms with Gasteiger partial charge in [0.25, 0.3) is 0 Å². The molecule has 0 aliphatic rings. The van der Waals surface area contributed by atoms with Gasteiger partial charge in [-0.2, -0.15) is 0 Å². The molecule has 15 aromatic rings. The quantitative estimate of drug-likeness (QED) is 0.0106. The molecule has 0 radical (unpaired) electrons. The molecular weight excluding hydrogens is 1900 g/mol. The summed E-state index contributed by atoms with van der Waals surface area (Å²) in [6, 6.07) is 72.7. The van der Waals surface area contributed by atoms with Crippen molar-refractivity contribution in [3.8, 4) is 92.0 Å². The molecule has 764 valence electrons. The molecule has 32 nitrogen and oxygen atoms in total. The highest BCUT2D eigenvalue weighted by Gasteiger charge is 2.21. The Balaban J connectivity index is 0.000000177. The van der Waals surface area contributed by atoms with Crippen LogP contribution in [-0.4, -0.2) is 171 Å². The zero-order valence-corrected chi connectivity index (χ0v) is 84.3. The Kier molecular flexibility index (Phi) is 41.7. The fourth-order valence-electron chi connectivity index (χ4n) is 14.2. The lowest BCUT2D eigenvalue weighted by molar-refractivity contribution is 0.104. The SMILES string of the molecule is COc1ccc(/C=C/C(=O)c2cccnc2Nc2cc(CO)c(OC)c(OC)c2)cc1OC.COc1ccc(/C=C/C(=O)c2cccnc2Nc2ccc(F)cc2)cc1OC.COc1ccc(/C=C/C(=O)c2cccnc2Nc2ccc(O)cc2)cc1OC.COc1ccc(/C=C/C(=O)c2cccnc2Nc2ccc(OC)c(OC)c2)cc1OC.COc1ccc(Nc2ncccc2C(=O)/C=C/c2ccc(OC)c(OC)c2)cc1. The Labute approximate surface area is 861 Å². The molecule has 0 saturated heterocycles. The number of phenols is 1. The van der Waals surface area contributed by atoms with Crippen molar-refractivity contribution in [1.29, 1.82) is 0 Å². The maximum atomic E-state index is 13.1. The second-order valence-corrected chi connectivity index (χ2v) is 31.1. The number of aromatic hydroxyl groups is 1. The number of ketones is 5. The van der Waals surface area contributed by atoms with Gasteiger partial charge in [0.1, 0.15) is 46.4 Å². The van der Waals surface area contributed by atoms with Gasteiger partial charge in [0.15, 0.2) is 109 Å². The number of pyridine rings is 5. The summed E-state index contributed by atoms with van der Waals surface area (Å²) in [6.07, 6.45) is 24.0. The molecule has 0 saturated carbocycles. The monoisotopic (exact) mass is 2010 g/mol. The molecule has 5 heterocycles. The fraction of sp³-hybridized carbons (Fsp3) is 0.138. The number of aromatic nitrogens is 5. The first-order chi connectivity index (χ1) is 72.5. The Morgan fingerprint density at radius 3 is 0.752 bits per heavy atom. The van der Waals surface area contributed by atoms with Gasteiger partial charge in [-0.25, -0.2) is 29.3 Å². The van der Waals surface area contributed by atoms with Crippen LogP contribution in [-0.2, 0) is 6.61 Å². The van der Waals surface area contributed by atoms with Gasteiger partial charge >= 0.3 is 0 Å². The molecule has 5 aromatic heterocycles. The van der Waals surface area contributed by atoms with Crippen LogP contribution < -0.4 is 97.6 Å². The highest BCUT2D eigenvalue weighted by molar-refractivity contribution is 6.13. The number of phenolic OH excluding ortho intramolecular Hbond substituents is 1. The smallest absolute Gasteiger partial charge is 0.189 e. The Morgan fingerprint density at radius 2 is 0.490 bits per heavy atom. The minimum atomic E-state index is -0.333. The van der Waals surface area contributed by atoms with E-state index in [2.05, 4.69) is 51.5 Å². The zero-order valence-electron chi connectivity index (χ0n) is 84.3. The number of carbonyl (C=O) groups excluding carboxylic acids is 5. The molecule has 0 fully saturated rings. The minimum Gasteiger partial charge on any atom is -0.508 e. The van der Waals surface area contributed by atoms with Crippen molar-refractivity contribution in [2.75, 3.05) is 133 Å². The molecule has 149 heavy (non-hydrogen) atoms. The van der Waals surface area contributed by atoms with Gasteiger partial charge in [0.05, 0.1) is 141 Å². The highest BCUT2D eigenvalue weighted by Crippen LogP contribution is 2.40. The average Bonchev–Trinajstić information content (AvgIpc) is 0.462. The molecule has 10 aromatic carbocycles. The molecule has 33 heteroatoms. The summed E-state index contributed by atoms with van der Waals surface area (Å²) < 4.78 is 92.1. The molecule has 0 atom stereocenters. The van der Waals surface area contributed by atoms with Crippen molar-refractivity contribution < 1.29 is 110 Å². The standard InChI is InChI=1S/C25H26N2O6.C24H24N2O5.C23H22N2O4.C22H19FN2O3.C22H20N2O4/c1-30-21-10-8-16(12-22(21)31-2)7-9-20(29)19-6-5-11-26-25(19)27-18-13-17(15-28)24(33-4)23(14-18)32-3;1-28-20-11-8-16(14-22(20)30-3)7-10-19(27)18-6-5-13-25-24(18)26-17-9-12-21(29-2)23(15-17)31-4;1-27-18-10-8-17(9-11-18)25-23-19(5-4-14-24-23)20(26)12-6-16-7-13-21(28-2)22(15-16)29-3;1-27-20-12-6-15(14-21(20)28-2)5-11-19(26)18-4-3-13-24-22(18)25-17-9-7-16(23)8-10-17;1-27-20-12-6-15(14-21(20)28-2)5-11-19(26)18-4-3-13-23-22(18)24-16-7-9-17(25)10-8-16/h5-14,28H,15H2,1-4H3,(H,26,27);5-15H,1-4H3,(H,25,26);4-15H,1-3H3,(H,24,25);3-14H,1-2H3,(H,24,25);3-14,25H,1-2H3,(H,23,24)/b9-7+;10-7+;12-6+;2*11-5+. The van der Waals surface area contributed by atoms with E-state index in [4.69, 9.17) is 71.1 Å². The van der Waals surface area contributed by atoms with Crippen LogP contribution in [0.1, 0.15) is 85.2 Å². The van der Waals surface area contributed by atoms with Crippen molar-refractivity contribution in [3.63, 3.8) is 0 Å². The second-order valence-electron chi connectivity index (χ2n) is 31.1. The molecule has 0 bridgehead atoms. The van der Waals surface area contributed by atoms with Crippen LogP contribution >= 0.6 is 0 Å². The van der Waals surface area contributed by atoms with Gasteiger partial charge in [-0.05, 0) is 271 Å². The third kappa shape index (κ3) is 31.3. The number of rotatable bonds is 41. The number of allylic oxidation sites excluding steroid dienone is 5. The number of aliphatic hydroxyl groups is 1. The number of aliphatic hydroxyl groups excluding tert-OH is 1. The molecule has 0 aliphatic heterocycles. The highest BCUT2D eigenvalue weighted by atomic mass is 19.1. The van der Waals surface area contributed by atoms with Crippen LogP contribution in [0, 0.1) is 5.82 Å². The summed E-state index contributed by atoms with van der Waals surface area (Å²) in [6.45, 7) is -0.239. The first-order valence-corrected chi connectivity index (χ1v) is 45.6. The number of benzene rings is 10. The van der Waals surface area contributed by atoms with Crippen molar-refractivity contribution >= 4 is 117 Å². The first kappa shape index (κ1) is 110. The molecule has 0 unspecified atom stereocenters. The van der Waals surface area contributed by atoms with Crippen LogP contribution in [0.15, 0.2) is 316 Å². The number of nitrogens with one attached hydrogen (secondary N) is 5. The topological polar surface area (TPSA) is 389 Å². The number of halogens is 1. The lowest BCUT2D eigenvalue weighted by Crippen LogP contribution is -2.05. The summed E-state index contributed by atoms with van der Waals surface area (Å²) >= 11 is 0. The van der Waals surface area contributed by atoms with E-state index in [9.17, 15) is 38.6 Å². The average molecular weight is 2020 g/mol. The van der Waals surface area contributed by atoms with E-state index in [-0.39, 0.29) is 47.1 Å². The predicted molar refractivity (Wildman–Crippen MR) is 575 cm³/mol. The number of nitrogens with zero attached hydrogens (tertiary/aromatic N) is 5. The summed E-state index contributed by atoms with van der Waals surface area (Å²) in [4.78, 5) is 85.4. The van der Waals surface area contributed by atoms with Gasteiger partial charge in [0, 0.05) is 77.1 Å². The Morgan fingerprint density at radius 1 is 0.255 bits per heavy atom. The molecule has 15 rings (SSSR count). The summed E-state index contributed by atoms with van der Waals surface area (Å²) in [5.74, 6) is 9.86. The van der Waals surface area contributed by atoms with Crippen molar-refractivity contribution in [2.45, 2.75) is 6.61 Å². The number of hydrogen-bond donors (Lipinski definition) is 7.